The van der Waals surface area contributed by atoms with Crippen LogP contribution in [0.25, 0.3) is 0 Å². The molecule has 162 valence electrons. The van der Waals surface area contributed by atoms with Gasteiger partial charge in [0.25, 0.3) is 5.91 Å². The highest BCUT2D eigenvalue weighted by molar-refractivity contribution is 5.81. The van der Waals surface area contributed by atoms with E-state index in [1.54, 1.807) is 25.1 Å². The maximum Gasteiger partial charge on any atom is 0.311 e. The van der Waals surface area contributed by atoms with Crippen LogP contribution in [0.15, 0.2) is 39.9 Å². The van der Waals surface area contributed by atoms with Gasteiger partial charge in [-0.25, -0.2) is 5.43 Å². The average Bonchev–Trinajstić information content (AvgIpc) is 3.03. The van der Waals surface area contributed by atoms with Gasteiger partial charge in [-0.3, -0.25) is 14.9 Å². The molecule has 0 atom stereocenters. The Morgan fingerprint density at radius 2 is 1.93 bits per heavy atom. The Balaban J connectivity index is 2.05. The number of nitrogens with zero attached hydrogens (tertiary/aromatic N) is 2. The number of aryl methyl sites for hydroxylation is 1. The topological polar surface area (TPSA) is 107 Å². The van der Waals surface area contributed by atoms with Crippen LogP contribution in [0, 0.1) is 22.5 Å². The number of benzene rings is 1. The van der Waals surface area contributed by atoms with E-state index in [-0.39, 0.29) is 22.3 Å². The van der Waals surface area contributed by atoms with Crippen LogP contribution >= 0.6 is 0 Å². The quantitative estimate of drug-likeness (QED) is 0.381. The lowest BCUT2D eigenvalue weighted by atomic mass is 9.72. The predicted molar refractivity (Wildman–Crippen MR) is 115 cm³/mol. The van der Waals surface area contributed by atoms with E-state index < -0.39 is 17.4 Å². The summed E-state index contributed by atoms with van der Waals surface area (Å²) in [5, 5.41) is 15.3. The minimum atomic E-state index is -0.541. The van der Waals surface area contributed by atoms with E-state index in [2.05, 4.69) is 45.1 Å². The highest BCUT2D eigenvalue weighted by Crippen LogP contribution is 2.39. The molecular weight excluding hydrogens is 386 g/mol. The van der Waals surface area contributed by atoms with Crippen molar-refractivity contribution in [2.24, 2.45) is 10.5 Å². The van der Waals surface area contributed by atoms with Crippen LogP contribution in [0.5, 0.6) is 5.75 Å². The number of rotatable bonds is 8. The summed E-state index contributed by atoms with van der Waals surface area (Å²) in [6.07, 6.45) is 2.21. The lowest BCUT2D eigenvalue weighted by Gasteiger charge is -2.33. The number of carbonyl (C=O) groups excluding carboxylic acids is 1. The number of ether oxygens (including phenoxy) is 1. The lowest BCUT2D eigenvalue weighted by molar-refractivity contribution is -0.385. The second-order valence-corrected chi connectivity index (χ2v) is 9.09. The number of nitro benzene ring substituents is 1. The van der Waals surface area contributed by atoms with Crippen LogP contribution in [-0.2, 0) is 10.2 Å². The minimum absolute atomic E-state index is 0.0381. The van der Waals surface area contributed by atoms with Gasteiger partial charge in [0.2, 0.25) is 0 Å². The number of hydrogen-bond donors (Lipinski definition) is 1. The molecule has 0 radical (unpaired) electrons. The number of hydrazone groups is 1. The first-order chi connectivity index (χ1) is 13.9. The second kappa shape index (κ2) is 9.11. The van der Waals surface area contributed by atoms with Gasteiger partial charge < -0.3 is 9.15 Å². The van der Waals surface area contributed by atoms with Gasteiger partial charge in [-0.1, -0.05) is 40.7 Å². The monoisotopic (exact) mass is 415 g/mol. The van der Waals surface area contributed by atoms with Crippen molar-refractivity contribution in [1.82, 2.24) is 5.43 Å². The van der Waals surface area contributed by atoms with Gasteiger partial charge in [-0.2, -0.15) is 5.10 Å². The van der Waals surface area contributed by atoms with Crippen molar-refractivity contribution < 1.29 is 18.9 Å². The van der Waals surface area contributed by atoms with E-state index >= 15 is 0 Å². The Kier molecular flexibility index (Phi) is 7.02. The lowest BCUT2D eigenvalue weighted by Crippen LogP contribution is -2.26. The van der Waals surface area contributed by atoms with Crippen molar-refractivity contribution in [3.8, 4) is 5.75 Å². The third-order valence-electron chi connectivity index (χ3n) is 4.41. The molecule has 2 aromatic rings. The first-order valence-electron chi connectivity index (χ1n) is 9.67. The standard InChI is InChI=1S/C22H29N3O5/c1-15-7-9-17(30-15)12-23-24-20(26)13-29-19-10-8-16(11-18(19)25(27)28)22(5,6)14-21(2,3)4/h7-12H,13-14H2,1-6H3,(H,24,26)/b23-12-. The Hall–Kier alpha value is -3.16. The van der Waals surface area contributed by atoms with Crippen LogP contribution in [-0.4, -0.2) is 23.7 Å². The average molecular weight is 415 g/mol. The molecule has 0 aliphatic rings. The van der Waals surface area contributed by atoms with E-state index in [9.17, 15) is 14.9 Å². The molecule has 0 saturated carbocycles. The maximum absolute atomic E-state index is 11.9. The molecule has 2 rings (SSSR count). The summed E-state index contributed by atoms with van der Waals surface area (Å²) in [6.45, 7) is 11.9. The van der Waals surface area contributed by atoms with E-state index in [4.69, 9.17) is 9.15 Å². The van der Waals surface area contributed by atoms with Crippen LogP contribution in [0.1, 0.15) is 58.1 Å². The molecule has 8 nitrogen and oxygen atoms in total. The van der Waals surface area contributed by atoms with E-state index in [0.717, 1.165) is 17.7 Å². The first-order valence-corrected chi connectivity index (χ1v) is 9.67. The Bertz CT molecular complexity index is 938. The molecule has 0 spiro atoms. The molecule has 1 N–H and O–H groups in total. The highest BCUT2D eigenvalue weighted by atomic mass is 16.6. The van der Waals surface area contributed by atoms with Crippen molar-refractivity contribution in [1.29, 1.82) is 0 Å². The normalized spacial score (nSPS) is 12.2. The molecular formula is C22H29N3O5. The summed E-state index contributed by atoms with van der Waals surface area (Å²) in [4.78, 5) is 23.0. The smallest absolute Gasteiger partial charge is 0.311 e. The molecule has 8 heteroatoms. The van der Waals surface area contributed by atoms with Crippen LogP contribution in [0.2, 0.25) is 0 Å². The highest BCUT2D eigenvalue weighted by Gasteiger charge is 2.29. The van der Waals surface area contributed by atoms with Crippen molar-refractivity contribution in [3.63, 3.8) is 0 Å². The van der Waals surface area contributed by atoms with E-state index in [1.165, 1.54) is 12.3 Å². The molecule has 0 fully saturated rings. The summed E-state index contributed by atoms with van der Waals surface area (Å²) in [6, 6.07) is 8.37. The molecule has 1 heterocycles. The fraction of sp³-hybridized carbons (Fsp3) is 0.455. The van der Waals surface area contributed by atoms with Crippen LogP contribution in [0.4, 0.5) is 5.69 Å². The van der Waals surface area contributed by atoms with Crippen LogP contribution in [0.3, 0.4) is 0 Å². The van der Waals surface area contributed by atoms with E-state index in [0.29, 0.717) is 5.76 Å². The zero-order valence-corrected chi connectivity index (χ0v) is 18.3. The van der Waals surface area contributed by atoms with Crippen molar-refractivity contribution in [3.05, 3.63) is 57.5 Å². The molecule has 0 saturated heterocycles. The number of carbonyl (C=O) groups is 1. The number of amides is 1. The Morgan fingerprint density at radius 3 is 2.50 bits per heavy atom. The Morgan fingerprint density at radius 1 is 1.23 bits per heavy atom. The fourth-order valence-corrected chi connectivity index (χ4v) is 3.50. The summed E-state index contributed by atoms with van der Waals surface area (Å²) in [7, 11) is 0. The number of nitro groups is 1. The van der Waals surface area contributed by atoms with Crippen molar-refractivity contribution in [2.45, 2.75) is 53.4 Å². The second-order valence-electron chi connectivity index (χ2n) is 9.09. The van der Waals surface area contributed by atoms with Gasteiger partial charge in [-0.15, -0.1) is 0 Å². The molecule has 1 aromatic heterocycles. The van der Waals surface area contributed by atoms with Gasteiger partial charge in [-0.05, 0) is 47.9 Å². The zero-order chi connectivity index (χ0) is 22.5. The van der Waals surface area contributed by atoms with Gasteiger partial charge in [0.15, 0.2) is 12.4 Å². The molecule has 0 aliphatic heterocycles. The number of furan rings is 1. The number of hydrogen-bond acceptors (Lipinski definition) is 6. The summed E-state index contributed by atoms with van der Waals surface area (Å²) in [5.74, 6) is 0.724. The van der Waals surface area contributed by atoms with Crippen molar-refractivity contribution >= 4 is 17.8 Å². The third-order valence-corrected chi connectivity index (χ3v) is 4.41. The number of nitrogens with one attached hydrogen (secondary N) is 1. The largest absolute Gasteiger partial charge is 0.477 e. The van der Waals surface area contributed by atoms with Gasteiger partial charge >= 0.3 is 5.69 Å². The SMILES string of the molecule is Cc1ccc(/C=N\NC(=O)COc2ccc(C(C)(C)CC(C)(C)C)cc2[N+](=O)[O-])o1. The van der Waals surface area contributed by atoms with Crippen molar-refractivity contribution in [2.75, 3.05) is 6.61 Å². The zero-order valence-electron chi connectivity index (χ0n) is 18.3. The van der Waals surface area contributed by atoms with Gasteiger partial charge in [0, 0.05) is 6.07 Å². The molecule has 1 amide bonds. The molecule has 0 aliphatic carbocycles. The fourth-order valence-electron chi connectivity index (χ4n) is 3.50. The molecule has 30 heavy (non-hydrogen) atoms. The predicted octanol–water partition coefficient (Wildman–Crippen LogP) is 4.74. The maximum atomic E-state index is 11.9. The Labute approximate surface area is 176 Å². The van der Waals surface area contributed by atoms with E-state index in [1.807, 2.05) is 6.07 Å². The first kappa shape index (κ1) is 23.1. The van der Waals surface area contributed by atoms with Crippen LogP contribution < -0.4 is 10.2 Å². The van der Waals surface area contributed by atoms with Gasteiger partial charge in [0.05, 0.1) is 11.1 Å². The molecule has 0 unspecified atom stereocenters. The minimum Gasteiger partial charge on any atom is -0.477 e. The summed E-state index contributed by atoms with van der Waals surface area (Å²) in [5.41, 5.74) is 2.79. The third kappa shape index (κ3) is 6.72. The van der Waals surface area contributed by atoms with Gasteiger partial charge in [0.1, 0.15) is 11.5 Å². The summed E-state index contributed by atoms with van der Waals surface area (Å²) >= 11 is 0. The molecule has 1 aromatic carbocycles. The molecule has 0 bridgehead atoms. The summed E-state index contributed by atoms with van der Waals surface area (Å²) < 4.78 is 10.7.